The van der Waals surface area contributed by atoms with Crippen molar-refractivity contribution < 1.29 is 4.39 Å². The van der Waals surface area contributed by atoms with Crippen molar-refractivity contribution in [2.24, 2.45) is 5.41 Å². The fourth-order valence-electron chi connectivity index (χ4n) is 2.88. The van der Waals surface area contributed by atoms with Crippen LogP contribution in [-0.4, -0.2) is 23.1 Å². The first kappa shape index (κ1) is 14.9. The van der Waals surface area contributed by atoms with Gasteiger partial charge in [-0.3, -0.25) is 4.98 Å². The van der Waals surface area contributed by atoms with E-state index in [1.165, 1.54) is 6.07 Å². The summed E-state index contributed by atoms with van der Waals surface area (Å²) in [4.78, 5) is 11.4. The Kier molecular flexibility index (Phi) is 3.85. The molecule has 0 atom stereocenters. The van der Waals surface area contributed by atoms with E-state index in [2.05, 4.69) is 28.7 Å². The van der Waals surface area contributed by atoms with Crippen molar-refractivity contribution in [3.63, 3.8) is 0 Å². The van der Waals surface area contributed by atoms with Crippen LogP contribution >= 0.6 is 0 Å². The van der Waals surface area contributed by atoms with Crippen LogP contribution < -0.4 is 4.90 Å². The smallest absolute Gasteiger partial charge is 0.147 e. The summed E-state index contributed by atoms with van der Waals surface area (Å²) in [6.45, 7) is 8.51. The maximum absolute atomic E-state index is 13.9. The number of anilines is 1. The lowest BCUT2D eigenvalue weighted by Gasteiger charge is -2.37. The van der Waals surface area contributed by atoms with E-state index < -0.39 is 0 Å². The van der Waals surface area contributed by atoms with Gasteiger partial charge in [0.25, 0.3) is 0 Å². The van der Waals surface area contributed by atoms with Gasteiger partial charge in [-0.2, -0.15) is 0 Å². The lowest BCUT2D eigenvalue weighted by atomic mass is 9.83. The molecule has 22 heavy (non-hydrogen) atoms. The van der Waals surface area contributed by atoms with Crippen LogP contribution in [0.1, 0.15) is 32.4 Å². The first-order valence-electron chi connectivity index (χ1n) is 7.80. The standard InChI is InChI=1S/C18H22FN3/c1-13-17(14-6-4-5-7-15(14)19)20-12-16(21-13)22-10-8-18(2,3)9-11-22/h4-7,12H,8-11H2,1-3H3. The van der Waals surface area contributed by atoms with Crippen molar-refractivity contribution in [3.05, 3.63) is 42.0 Å². The molecule has 116 valence electrons. The van der Waals surface area contributed by atoms with Gasteiger partial charge in [-0.1, -0.05) is 26.0 Å². The maximum Gasteiger partial charge on any atom is 0.147 e. The summed E-state index contributed by atoms with van der Waals surface area (Å²) in [6.07, 6.45) is 4.08. The van der Waals surface area contributed by atoms with Crippen molar-refractivity contribution in [1.82, 2.24) is 9.97 Å². The average molecular weight is 299 g/mol. The zero-order valence-corrected chi connectivity index (χ0v) is 13.4. The molecular weight excluding hydrogens is 277 g/mol. The monoisotopic (exact) mass is 299 g/mol. The highest BCUT2D eigenvalue weighted by Crippen LogP contribution is 2.32. The van der Waals surface area contributed by atoms with Crippen molar-refractivity contribution >= 4 is 5.82 Å². The van der Waals surface area contributed by atoms with Crippen LogP contribution in [0.4, 0.5) is 10.2 Å². The molecule has 1 aliphatic heterocycles. The second-order valence-corrected chi connectivity index (χ2v) is 6.79. The highest BCUT2D eigenvalue weighted by Gasteiger charge is 2.26. The van der Waals surface area contributed by atoms with Crippen LogP contribution in [0.3, 0.4) is 0 Å². The number of nitrogens with zero attached hydrogens (tertiary/aromatic N) is 3. The fourth-order valence-corrected chi connectivity index (χ4v) is 2.88. The molecule has 3 nitrogen and oxygen atoms in total. The SMILES string of the molecule is Cc1nc(N2CCC(C)(C)CC2)cnc1-c1ccccc1F. The first-order valence-corrected chi connectivity index (χ1v) is 7.80. The van der Waals surface area contributed by atoms with E-state index in [1.54, 1.807) is 18.3 Å². The van der Waals surface area contributed by atoms with E-state index in [0.29, 0.717) is 16.7 Å². The zero-order valence-electron chi connectivity index (χ0n) is 13.4. The van der Waals surface area contributed by atoms with Crippen molar-refractivity contribution in [3.8, 4) is 11.3 Å². The van der Waals surface area contributed by atoms with Gasteiger partial charge >= 0.3 is 0 Å². The van der Waals surface area contributed by atoms with Gasteiger partial charge in [-0.15, -0.1) is 0 Å². The molecule has 0 N–H and O–H groups in total. The van der Waals surface area contributed by atoms with Crippen LogP contribution in [0, 0.1) is 18.2 Å². The molecule has 1 aliphatic rings. The molecule has 0 amide bonds. The minimum Gasteiger partial charge on any atom is -0.355 e. The Morgan fingerprint density at radius 2 is 1.82 bits per heavy atom. The zero-order chi connectivity index (χ0) is 15.7. The van der Waals surface area contributed by atoms with Gasteiger partial charge in [-0.05, 0) is 37.3 Å². The Bertz CT molecular complexity index is 672. The van der Waals surface area contributed by atoms with Crippen molar-refractivity contribution in [1.29, 1.82) is 0 Å². The highest BCUT2D eigenvalue weighted by atomic mass is 19.1. The number of hydrogen-bond acceptors (Lipinski definition) is 3. The summed E-state index contributed by atoms with van der Waals surface area (Å²) in [7, 11) is 0. The molecule has 1 aromatic heterocycles. The molecule has 0 unspecified atom stereocenters. The Labute approximate surface area is 131 Å². The number of aromatic nitrogens is 2. The third-order valence-electron chi connectivity index (χ3n) is 4.50. The average Bonchev–Trinajstić information content (AvgIpc) is 2.48. The largest absolute Gasteiger partial charge is 0.355 e. The molecule has 2 heterocycles. The lowest BCUT2D eigenvalue weighted by molar-refractivity contribution is 0.279. The Balaban J connectivity index is 1.86. The molecule has 3 rings (SSSR count). The van der Waals surface area contributed by atoms with E-state index in [9.17, 15) is 4.39 Å². The van der Waals surface area contributed by atoms with Crippen LogP contribution in [-0.2, 0) is 0 Å². The number of aryl methyl sites for hydroxylation is 1. The van der Waals surface area contributed by atoms with E-state index >= 15 is 0 Å². The van der Waals surface area contributed by atoms with Gasteiger partial charge in [0.2, 0.25) is 0 Å². The van der Waals surface area contributed by atoms with Crippen LogP contribution in [0.2, 0.25) is 0 Å². The normalized spacial score (nSPS) is 17.5. The summed E-state index contributed by atoms with van der Waals surface area (Å²) in [5.74, 6) is 0.639. The minimum atomic E-state index is -0.257. The van der Waals surface area contributed by atoms with Crippen molar-refractivity contribution in [2.45, 2.75) is 33.6 Å². The number of benzene rings is 1. The summed E-state index contributed by atoms with van der Waals surface area (Å²) in [5.41, 5.74) is 2.32. The van der Waals surface area contributed by atoms with E-state index in [4.69, 9.17) is 0 Å². The molecule has 1 fully saturated rings. The van der Waals surface area contributed by atoms with E-state index in [1.807, 2.05) is 13.0 Å². The third kappa shape index (κ3) is 2.96. The molecule has 2 aromatic rings. The van der Waals surface area contributed by atoms with Gasteiger partial charge in [0.05, 0.1) is 17.6 Å². The second kappa shape index (κ2) is 5.67. The van der Waals surface area contributed by atoms with Crippen LogP contribution in [0.5, 0.6) is 0 Å². The summed E-state index contributed by atoms with van der Waals surface area (Å²) < 4.78 is 13.9. The second-order valence-electron chi connectivity index (χ2n) is 6.79. The quantitative estimate of drug-likeness (QED) is 0.831. The van der Waals surface area contributed by atoms with Gasteiger partial charge in [0, 0.05) is 18.7 Å². The van der Waals surface area contributed by atoms with Crippen LogP contribution in [0.25, 0.3) is 11.3 Å². The molecular formula is C18H22FN3. The fraction of sp³-hybridized carbons (Fsp3) is 0.444. The number of hydrogen-bond donors (Lipinski definition) is 0. The Morgan fingerprint density at radius 1 is 1.14 bits per heavy atom. The van der Waals surface area contributed by atoms with Crippen LogP contribution in [0.15, 0.2) is 30.5 Å². The predicted molar refractivity (Wildman–Crippen MR) is 87.4 cm³/mol. The van der Waals surface area contributed by atoms with Crippen molar-refractivity contribution in [2.75, 3.05) is 18.0 Å². The van der Waals surface area contributed by atoms with Gasteiger partial charge < -0.3 is 4.90 Å². The van der Waals surface area contributed by atoms with E-state index in [-0.39, 0.29) is 5.82 Å². The molecule has 0 spiro atoms. The number of halogens is 1. The first-order chi connectivity index (χ1) is 10.5. The summed E-state index contributed by atoms with van der Waals surface area (Å²) in [6, 6.07) is 6.71. The molecule has 1 aromatic carbocycles. The number of piperidine rings is 1. The molecule has 0 radical (unpaired) electrons. The Hall–Kier alpha value is -1.97. The van der Waals surface area contributed by atoms with Gasteiger partial charge in [0.15, 0.2) is 0 Å². The summed E-state index contributed by atoms with van der Waals surface area (Å²) in [5, 5.41) is 0. The molecule has 0 aliphatic carbocycles. The molecule has 1 saturated heterocycles. The number of rotatable bonds is 2. The molecule has 0 bridgehead atoms. The highest BCUT2D eigenvalue weighted by molar-refractivity contribution is 5.63. The molecule has 0 saturated carbocycles. The topological polar surface area (TPSA) is 29.0 Å². The summed E-state index contributed by atoms with van der Waals surface area (Å²) >= 11 is 0. The third-order valence-corrected chi connectivity index (χ3v) is 4.50. The Morgan fingerprint density at radius 3 is 2.45 bits per heavy atom. The lowest BCUT2D eigenvalue weighted by Crippen LogP contribution is -2.37. The minimum absolute atomic E-state index is 0.257. The maximum atomic E-state index is 13.9. The molecule has 4 heteroatoms. The van der Waals surface area contributed by atoms with Gasteiger partial charge in [0.1, 0.15) is 11.6 Å². The van der Waals surface area contributed by atoms with E-state index in [0.717, 1.165) is 37.4 Å². The van der Waals surface area contributed by atoms with Gasteiger partial charge in [-0.25, -0.2) is 9.37 Å². The predicted octanol–water partition coefficient (Wildman–Crippen LogP) is 4.22.